The van der Waals surface area contributed by atoms with Gasteiger partial charge in [0.1, 0.15) is 28.5 Å². The third-order valence-electron chi connectivity index (χ3n) is 3.60. The number of hydrogen-bond acceptors (Lipinski definition) is 6. The molecule has 8 heteroatoms. The van der Waals surface area contributed by atoms with Gasteiger partial charge in [0, 0.05) is 17.3 Å². The Balaban J connectivity index is 2.02. The molecule has 2 N–H and O–H groups in total. The summed E-state index contributed by atoms with van der Waals surface area (Å²) >= 11 is 5.71. The molecular formula is C15H14ClFN4OS. The Morgan fingerprint density at radius 3 is 2.83 bits per heavy atom. The molecule has 0 spiro atoms. The van der Waals surface area contributed by atoms with Crippen LogP contribution in [0.15, 0.2) is 35.0 Å². The smallest absolute Gasteiger partial charge is 0.187 e. The Morgan fingerprint density at radius 2 is 2.17 bits per heavy atom. The maximum Gasteiger partial charge on any atom is 0.187 e. The summed E-state index contributed by atoms with van der Waals surface area (Å²) in [5.74, 6) is 0.658. The highest BCUT2D eigenvalue weighted by molar-refractivity contribution is 7.93. The number of rotatable bonds is 5. The van der Waals surface area contributed by atoms with Crippen LogP contribution in [-0.2, 0) is 0 Å². The van der Waals surface area contributed by atoms with Gasteiger partial charge in [-0.05, 0) is 38.0 Å². The van der Waals surface area contributed by atoms with E-state index < -0.39 is 0 Å². The molecule has 1 fully saturated rings. The standard InChI is InChI=1S/C15H14ClFN4OS/c1-15(4-5-15)22-9-2-3-11(18)10(6-9)14(21-23-17)12-7-13(16)20-8-19-12/h2-3,6-8H,4-5,18H2,1H3/b21-14-. The minimum Gasteiger partial charge on any atom is -0.488 e. The van der Waals surface area contributed by atoms with E-state index in [2.05, 4.69) is 14.4 Å². The lowest BCUT2D eigenvalue weighted by Gasteiger charge is -2.15. The Kier molecular flexibility index (Phi) is 4.41. The molecule has 1 aliphatic carbocycles. The highest BCUT2D eigenvalue weighted by Crippen LogP contribution is 2.40. The van der Waals surface area contributed by atoms with Gasteiger partial charge in [-0.15, -0.1) is 3.89 Å². The molecule has 0 saturated heterocycles. The summed E-state index contributed by atoms with van der Waals surface area (Å²) in [6, 6.07) is 6.74. The lowest BCUT2D eigenvalue weighted by molar-refractivity contribution is 0.200. The highest BCUT2D eigenvalue weighted by Gasteiger charge is 2.40. The van der Waals surface area contributed by atoms with Crippen LogP contribution in [0.5, 0.6) is 5.75 Å². The zero-order chi connectivity index (χ0) is 16.4. The number of halogens is 2. The van der Waals surface area contributed by atoms with E-state index in [4.69, 9.17) is 22.1 Å². The second kappa shape index (κ2) is 6.33. The van der Waals surface area contributed by atoms with Gasteiger partial charge in [0.05, 0.1) is 5.69 Å². The van der Waals surface area contributed by atoms with Crippen molar-refractivity contribution in [2.75, 3.05) is 5.73 Å². The third-order valence-corrected chi connectivity index (χ3v) is 4.06. The lowest BCUT2D eigenvalue weighted by atomic mass is 10.0. The van der Waals surface area contributed by atoms with Crippen molar-refractivity contribution in [3.63, 3.8) is 0 Å². The Bertz CT molecular complexity index is 767. The number of nitrogens with two attached hydrogens (primary N) is 1. The predicted octanol–water partition coefficient (Wildman–Crippen LogP) is 4.01. The first kappa shape index (κ1) is 16.0. The van der Waals surface area contributed by atoms with E-state index in [0.29, 0.717) is 22.7 Å². The summed E-state index contributed by atoms with van der Waals surface area (Å²) in [6.45, 7) is 2.04. The summed E-state index contributed by atoms with van der Waals surface area (Å²) in [5, 5.41) is 0.239. The number of nitrogens with zero attached hydrogens (tertiary/aromatic N) is 3. The quantitative estimate of drug-likeness (QED) is 0.381. The van der Waals surface area contributed by atoms with Gasteiger partial charge >= 0.3 is 0 Å². The van der Waals surface area contributed by atoms with Crippen LogP contribution in [0.2, 0.25) is 5.15 Å². The van der Waals surface area contributed by atoms with E-state index in [-0.39, 0.29) is 28.8 Å². The van der Waals surface area contributed by atoms with Crippen molar-refractivity contribution >= 4 is 35.3 Å². The summed E-state index contributed by atoms with van der Waals surface area (Å²) in [5.41, 5.74) is 7.55. The van der Waals surface area contributed by atoms with Gasteiger partial charge in [-0.1, -0.05) is 11.6 Å². The van der Waals surface area contributed by atoms with Gasteiger partial charge < -0.3 is 10.5 Å². The van der Waals surface area contributed by atoms with Gasteiger partial charge in [0.25, 0.3) is 0 Å². The van der Waals surface area contributed by atoms with Crippen LogP contribution < -0.4 is 10.5 Å². The molecule has 23 heavy (non-hydrogen) atoms. The SMILES string of the molecule is CC1(Oc2ccc(N)c(/C(=N/SF)c3cc(Cl)ncn3)c2)CC1. The van der Waals surface area contributed by atoms with Crippen molar-refractivity contribution < 1.29 is 8.62 Å². The van der Waals surface area contributed by atoms with Crippen molar-refractivity contribution in [3.8, 4) is 5.75 Å². The minimum absolute atomic E-state index is 0.127. The molecule has 0 radical (unpaired) electrons. The van der Waals surface area contributed by atoms with E-state index in [1.165, 1.54) is 12.4 Å². The third kappa shape index (κ3) is 3.73. The van der Waals surface area contributed by atoms with Gasteiger partial charge in [-0.3, -0.25) is 0 Å². The van der Waals surface area contributed by atoms with Gasteiger partial charge in [0.2, 0.25) is 0 Å². The zero-order valence-electron chi connectivity index (χ0n) is 12.3. The van der Waals surface area contributed by atoms with E-state index in [1.807, 2.05) is 6.92 Å². The maximum atomic E-state index is 12.8. The number of hydrogen-bond donors (Lipinski definition) is 1. The fourth-order valence-corrected chi connectivity index (χ4v) is 2.51. The van der Waals surface area contributed by atoms with Crippen LogP contribution in [0.1, 0.15) is 31.0 Å². The number of aromatic nitrogens is 2. The van der Waals surface area contributed by atoms with Crippen LogP contribution in [-0.4, -0.2) is 21.3 Å². The molecular weight excluding hydrogens is 339 g/mol. The molecule has 0 bridgehead atoms. The molecule has 1 aliphatic rings. The molecule has 0 unspecified atom stereocenters. The van der Waals surface area contributed by atoms with E-state index in [0.717, 1.165) is 12.8 Å². The van der Waals surface area contributed by atoms with Crippen LogP contribution in [0.25, 0.3) is 0 Å². The lowest BCUT2D eigenvalue weighted by Crippen LogP contribution is -2.14. The average molecular weight is 353 g/mol. The second-order valence-corrected chi connectivity index (χ2v) is 6.24. The largest absolute Gasteiger partial charge is 0.488 e. The minimum atomic E-state index is -0.167. The molecule has 2 aromatic rings. The molecule has 3 rings (SSSR count). The first-order chi connectivity index (χ1) is 11.0. The van der Waals surface area contributed by atoms with Crippen molar-refractivity contribution in [1.82, 2.24) is 9.97 Å². The Hall–Kier alpha value is -1.86. The number of nitrogen functional groups attached to an aromatic ring is 1. The molecule has 1 saturated carbocycles. The summed E-state index contributed by atoms with van der Waals surface area (Å²) in [6.07, 6.45) is 3.31. The van der Waals surface area contributed by atoms with Crippen LogP contribution in [0.4, 0.5) is 9.57 Å². The first-order valence-electron chi connectivity index (χ1n) is 6.93. The molecule has 1 heterocycles. The van der Waals surface area contributed by atoms with Gasteiger partial charge in [-0.25, -0.2) is 9.97 Å². The monoisotopic (exact) mass is 352 g/mol. The molecule has 0 aliphatic heterocycles. The predicted molar refractivity (Wildman–Crippen MR) is 90.5 cm³/mol. The zero-order valence-corrected chi connectivity index (χ0v) is 13.9. The van der Waals surface area contributed by atoms with E-state index in [9.17, 15) is 3.89 Å². The topological polar surface area (TPSA) is 73.4 Å². The molecule has 0 amide bonds. The molecule has 120 valence electrons. The fourth-order valence-electron chi connectivity index (χ4n) is 2.10. The highest BCUT2D eigenvalue weighted by atomic mass is 35.5. The number of benzene rings is 1. The van der Waals surface area contributed by atoms with Crippen molar-refractivity contribution in [2.24, 2.45) is 4.40 Å². The normalized spacial score (nSPS) is 16.2. The van der Waals surface area contributed by atoms with Crippen LogP contribution >= 0.6 is 23.9 Å². The van der Waals surface area contributed by atoms with E-state index in [1.54, 1.807) is 18.2 Å². The van der Waals surface area contributed by atoms with Crippen molar-refractivity contribution in [3.05, 3.63) is 47.0 Å². The maximum absolute atomic E-state index is 12.8. The molecule has 5 nitrogen and oxygen atoms in total. The number of anilines is 1. The van der Waals surface area contributed by atoms with E-state index >= 15 is 0 Å². The fraction of sp³-hybridized carbons (Fsp3) is 0.267. The Labute approximate surface area is 142 Å². The average Bonchev–Trinajstić information content (AvgIpc) is 3.24. The summed E-state index contributed by atoms with van der Waals surface area (Å²) in [7, 11) is 0. The van der Waals surface area contributed by atoms with Crippen molar-refractivity contribution in [1.29, 1.82) is 0 Å². The summed E-state index contributed by atoms with van der Waals surface area (Å²) < 4.78 is 22.5. The first-order valence-corrected chi connectivity index (χ1v) is 7.98. The summed E-state index contributed by atoms with van der Waals surface area (Å²) in [4.78, 5) is 7.91. The van der Waals surface area contributed by atoms with Crippen LogP contribution in [0, 0.1) is 0 Å². The van der Waals surface area contributed by atoms with Crippen LogP contribution in [0.3, 0.4) is 0 Å². The second-order valence-electron chi connectivity index (χ2n) is 5.54. The molecule has 1 aromatic carbocycles. The number of ether oxygens (including phenoxy) is 1. The van der Waals surface area contributed by atoms with Crippen molar-refractivity contribution in [2.45, 2.75) is 25.4 Å². The Morgan fingerprint density at radius 1 is 1.39 bits per heavy atom. The van der Waals surface area contributed by atoms with Gasteiger partial charge in [-0.2, -0.15) is 4.40 Å². The molecule has 0 atom stereocenters. The van der Waals surface area contributed by atoms with Gasteiger partial charge in [0.15, 0.2) is 12.3 Å². The molecule has 1 aromatic heterocycles.